The molecule has 0 saturated carbocycles. The molecule has 6 heteroatoms. The highest BCUT2D eigenvalue weighted by Gasteiger charge is 2.32. The summed E-state index contributed by atoms with van der Waals surface area (Å²) in [5.41, 5.74) is 3.93. The van der Waals surface area contributed by atoms with Crippen LogP contribution in [0.15, 0.2) is 36.4 Å². The van der Waals surface area contributed by atoms with Gasteiger partial charge >= 0.3 is 6.03 Å². The van der Waals surface area contributed by atoms with E-state index in [1.54, 1.807) is 17.8 Å². The van der Waals surface area contributed by atoms with Crippen LogP contribution in [0, 0.1) is 13.8 Å². The number of nitrogens with one attached hydrogen (secondary N) is 1. The zero-order valence-corrected chi connectivity index (χ0v) is 15.8. The third-order valence-electron chi connectivity index (χ3n) is 4.02. The van der Waals surface area contributed by atoms with Crippen molar-refractivity contribution in [3.8, 4) is 0 Å². The molecule has 0 aromatic heterocycles. The predicted molar refractivity (Wildman–Crippen MR) is 103 cm³/mol. The van der Waals surface area contributed by atoms with Gasteiger partial charge in [-0.05, 0) is 31.5 Å². The van der Waals surface area contributed by atoms with E-state index in [1.165, 1.54) is 5.56 Å². The van der Waals surface area contributed by atoms with E-state index in [9.17, 15) is 4.79 Å². The summed E-state index contributed by atoms with van der Waals surface area (Å²) in [5, 5.41) is 3.91. The zero-order valence-electron chi connectivity index (χ0n) is 13.5. The number of hydrogen-bond donors (Lipinski definition) is 1. The van der Waals surface area contributed by atoms with Gasteiger partial charge in [0.1, 0.15) is 5.37 Å². The Morgan fingerprint density at radius 3 is 2.79 bits per heavy atom. The maximum Gasteiger partial charge on any atom is 0.323 e. The molecule has 1 heterocycles. The molecule has 1 saturated heterocycles. The standard InChI is InChI=1S/C18H18Cl2N2OS/c1-11-6-7-15(12(2)10-11)21-18(23)22-8-9-24-17(22)13-4-3-5-14(19)16(13)20/h3-7,10,17H,8-9H2,1-2H3,(H,21,23)/t17-/m0/s1. The van der Waals surface area contributed by atoms with Gasteiger partial charge in [-0.3, -0.25) is 0 Å². The lowest BCUT2D eigenvalue weighted by Crippen LogP contribution is -2.34. The first kappa shape index (κ1) is 17.5. The smallest absolute Gasteiger partial charge is 0.308 e. The zero-order chi connectivity index (χ0) is 17.3. The second kappa shape index (κ2) is 7.26. The third kappa shape index (κ3) is 3.51. The molecule has 0 aliphatic carbocycles. The Bertz CT molecular complexity index is 782. The summed E-state index contributed by atoms with van der Waals surface area (Å²) in [6, 6.07) is 11.4. The molecular formula is C18H18Cl2N2OS. The molecule has 0 unspecified atom stereocenters. The van der Waals surface area contributed by atoms with Crippen LogP contribution in [0.1, 0.15) is 22.1 Å². The van der Waals surface area contributed by atoms with E-state index >= 15 is 0 Å². The van der Waals surface area contributed by atoms with Gasteiger partial charge in [-0.15, -0.1) is 11.8 Å². The minimum Gasteiger partial charge on any atom is -0.308 e. The fourth-order valence-electron chi connectivity index (χ4n) is 2.79. The Labute approximate surface area is 156 Å². The van der Waals surface area contributed by atoms with Gasteiger partial charge in [0.2, 0.25) is 0 Å². The van der Waals surface area contributed by atoms with Crippen LogP contribution in [0.25, 0.3) is 0 Å². The summed E-state index contributed by atoms with van der Waals surface area (Å²) in [6.45, 7) is 4.70. The topological polar surface area (TPSA) is 32.3 Å². The number of thioether (sulfide) groups is 1. The molecule has 1 fully saturated rings. The number of amides is 2. The second-order valence-electron chi connectivity index (χ2n) is 5.81. The maximum absolute atomic E-state index is 12.8. The Hall–Kier alpha value is -1.36. The number of carbonyl (C=O) groups is 1. The second-order valence-corrected chi connectivity index (χ2v) is 7.78. The van der Waals surface area contributed by atoms with Crippen molar-refractivity contribution >= 4 is 46.7 Å². The molecule has 0 spiro atoms. The number of carbonyl (C=O) groups excluding carboxylic acids is 1. The van der Waals surface area contributed by atoms with E-state index in [2.05, 4.69) is 11.4 Å². The number of urea groups is 1. The van der Waals surface area contributed by atoms with Crippen molar-refractivity contribution < 1.29 is 4.79 Å². The number of hydrogen-bond acceptors (Lipinski definition) is 2. The normalized spacial score (nSPS) is 17.2. The third-order valence-corrected chi connectivity index (χ3v) is 6.10. The van der Waals surface area contributed by atoms with Gasteiger partial charge in [-0.2, -0.15) is 0 Å². The Kier molecular flexibility index (Phi) is 5.28. The van der Waals surface area contributed by atoms with Crippen molar-refractivity contribution in [2.24, 2.45) is 0 Å². The van der Waals surface area contributed by atoms with Gasteiger partial charge in [0.25, 0.3) is 0 Å². The first-order valence-electron chi connectivity index (χ1n) is 7.68. The summed E-state index contributed by atoms with van der Waals surface area (Å²) in [6.07, 6.45) is 0. The average molecular weight is 381 g/mol. The number of nitrogens with zero attached hydrogens (tertiary/aromatic N) is 1. The van der Waals surface area contributed by atoms with E-state index in [1.807, 2.05) is 43.0 Å². The summed E-state index contributed by atoms with van der Waals surface area (Å²) in [7, 11) is 0. The van der Waals surface area contributed by atoms with Crippen molar-refractivity contribution in [2.75, 3.05) is 17.6 Å². The van der Waals surface area contributed by atoms with Crippen LogP contribution in [0.5, 0.6) is 0 Å². The Balaban J connectivity index is 1.82. The minimum absolute atomic E-state index is 0.118. The van der Waals surface area contributed by atoms with Crippen LogP contribution < -0.4 is 5.32 Å². The lowest BCUT2D eigenvalue weighted by molar-refractivity contribution is 0.214. The van der Waals surface area contributed by atoms with E-state index in [4.69, 9.17) is 23.2 Å². The fourth-order valence-corrected chi connectivity index (χ4v) is 4.55. The molecule has 2 aromatic carbocycles. The largest absolute Gasteiger partial charge is 0.323 e. The molecule has 3 nitrogen and oxygen atoms in total. The molecule has 1 N–H and O–H groups in total. The summed E-state index contributed by atoms with van der Waals surface area (Å²) >= 11 is 14.2. The number of rotatable bonds is 2. The highest BCUT2D eigenvalue weighted by molar-refractivity contribution is 7.99. The van der Waals surface area contributed by atoms with Crippen LogP contribution in [0.2, 0.25) is 10.0 Å². The molecule has 126 valence electrons. The van der Waals surface area contributed by atoms with Gasteiger partial charge in [-0.1, -0.05) is 53.0 Å². The van der Waals surface area contributed by atoms with Crippen molar-refractivity contribution in [2.45, 2.75) is 19.2 Å². The van der Waals surface area contributed by atoms with E-state index in [0.717, 1.165) is 22.6 Å². The van der Waals surface area contributed by atoms with Gasteiger partial charge in [0.05, 0.1) is 10.0 Å². The van der Waals surface area contributed by atoms with Crippen molar-refractivity contribution in [1.82, 2.24) is 4.90 Å². The SMILES string of the molecule is Cc1ccc(NC(=O)N2CCS[C@H]2c2cccc(Cl)c2Cl)c(C)c1. The highest BCUT2D eigenvalue weighted by Crippen LogP contribution is 2.42. The van der Waals surface area contributed by atoms with Gasteiger partial charge in [0, 0.05) is 23.5 Å². The van der Waals surface area contributed by atoms with Crippen LogP contribution >= 0.6 is 35.0 Å². The first-order valence-corrected chi connectivity index (χ1v) is 9.48. The molecule has 0 bridgehead atoms. The summed E-state index contributed by atoms with van der Waals surface area (Å²) in [5.74, 6) is 0.869. The number of aryl methyl sites for hydroxylation is 2. The van der Waals surface area contributed by atoms with Gasteiger partial charge < -0.3 is 10.2 Å². The monoisotopic (exact) mass is 380 g/mol. The summed E-state index contributed by atoms with van der Waals surface area (Å²) in [4.78, 5) is 14.6. The Morgan fingerprint density at radius 1 is 1.25 bits per heavy atom. The van der Waals surface area contributed by atoms with Crippen molar-refractivity contribution in [3.63, 3.8) is 0 Å². The number of halogens is 2. The first-order chi connectivity index (χ1) is 11.5. The average Bonchev–Trinajstić information content (AvgIpc) is 3.02. The van der Waals surface area contributed by atoms with Crippen molar-refractivity contribution in [1.29, 1.82) is 0 Å². The molecule has 2 amide bonds. The van der Waals surface area contributed by atoms with E-state index in [-0.39, 0.29) is 11.4 Å². The van der Waals surface area contributed by atoms with Crippen molar-refractivity contribution in [3.05, 3.63) is 63.1 Å². The quantitative estimate of drug-likeness (QED) is 0.704. The molecule has 24 heavy (non-hydrogen) atoms. The van der Waals surface area contributed by atoms with Crippen LogP contribution in [-0.2, 0) is 0 Å². The summed E-state index contributed by atoms with van der Waals surface area (Å²) < 4.78 is 0. The lowest BCUT2D eigenvalue weighted by Gasteiger charge is -2.25. The molecule has 1 atom stereocenters. The highest BCUT2D eigenvalue weighted by atomic mass is 35.5. The van der Waals surface area contributed by atoms with Gasteiger partial charge in [-0.25, -0.2) is 4.79 Å². The lowest BCUT2D eigenvalue weighted by atomic mass is 10.1. The predicted octanol–water partition coefficient (Wildman–Crippen LogP) is 5.89. The number of anilines is 1. The van der Waals surface area contributed by atoms with E-state index in [0.29, 0.717) is 16.6 Å². The molecule has 3 rings (SSSR count). The van der Waals surface area contributed by atoms with E-state index < -0.39 is 0 Å². The fraction of sp³-hybridized carbons (Fsp3) is 0.278. The van der Waals surface area contributed by atoms with Gasteiger partial charge in [0.15, 0.2) is 0 Å². The molecule has 0 radical (unpaired) electrons. The molecular weight excluding hydrogens is 363 g/mol. The molecule has 2 aromatic rings. The van der Waals surface area contributed by atoms with Crippen LogP contribution in [0.3, 0.4) is 0 Å². The van der Waals surface area contributed by atoms with Crippen LogP contribution in [-0.4, -0.2) is 23.2 Å². The Morgan fingerprint density at radius 2 is 2.04 bits per heavy atom. The number of benzene rings is 2. The maximum atomic E-state index is 12.8. The molecule has 1 aliphatic heterocycles. The molecule has 1 aliphatic rings. The van der Waals surface area contributed by atoms with Crippen LogP contribution in [0.4, 0.5) is 10.5 Å². The minimum atomic E-state index is -0.123.